The van der Waals surface area contributed by atoms with Crippen molar-refractivity contribution in [2.24, 2.45) is 0 Å². The summed E-state index contributed by atoms with van der Waals surface area (Å²) in [5, 5.41) is 0. The van der Waals surface area contributed by atoms with Gasteiger partial charge >= 0.3 is 0 Å². The second-order valence-electron chi connectivity index (χ2n) is 9.92. The molecular weight excluding hydrogens is 458 g/mol. The van der Waals surface area contributed by atoms with Crippen LogP contribution in [0, 0.1) is 0 Å². The zero-order chi connectivity index (χ0) is 25.5. The topological polar surface area (TPSA) is 26.0 Å². The third-order valence-electron chi connectivity index (χ3n) is 7.96. The highest BCUT2D eigenvalue weighted by molar-refractivity contribution is 5.95. The van der Waals surface area contributed by atoms with Crippen LogP contribution in [0.3, 0.4) is 0 Å². The van der Waals surface area contributed by atoms with Crippen LogP contribution in [0.15, 0.2) is 152 Å². The van der Waals surface area contributed by atoms with E-state index in [0.29, 0.717) is 0 Å². The van der Waals surface area contributed by atoms with Crippen LogP contribution >= 0.6 is 0 Å². The number of anilines is 1. The number of fused-ring (bicyclic) bond motifs is 3. The first-order chi connectivity index (χ1) is 18.8. The molecular formula is C37H27N. The highest BCUT2D eigenvalue weighted by Crippen LogP contribution is 2.59. The van der Waals surface area contributed by atoms with Crippen LogP contribution in [-0.2, 0) is 5.41 Å². The Morgan fingerprint density at radius 3 is 1.47 bits per heavy atom. The zero-order valence-corrected chi connectivity index (χ0v) is 21.0. The minimum atomic E-state index is -0.501. The average molecular weight is 486 g/mol. The van der Waals surface area contributed by atoms with Crippen molar-refractivity contribution in [3.05, 3.63) is 174 Å². The van der Waals surface area contributed by atoms with Crippen LogP contribution in [-0.4, -0.2) is 0 Å². The van der Waals surface area contributed by atoms with Gasteiger partial charge in [0.2, 0.25) is 0 Å². The normalized spacial score (nSPS) is 13.1. The van der Waals surface area contributed by atoms with E-state index in [1.165, 1.54) is 44.5 Å². The fraction of sp³-hybridized carbons (Fsp3) is 0.0270. The van der Waals surface area contributed by atoms with E-state index in [1.807, 2.05) is 6.07 Å². The molecule has 0 saturated heterocycles. The molecule has 6 aromatic rings. The number of hydrogen-bond donors (Lipinski definition) is 1. The van der Waals surface area contributed by atoms with Gasteiger partial charge in [-0.15, -0.1) is 0 Å². The highest BCUT2D eigenvalue weighted by atomic mass is 14.6. The van der Waals surface area contributed by atoms with Gasteiger partial charge in [0.15, 0.2) is 0 Å². The van der Waals surface area contributed by atoms with Crippen molar-refractivity contribution >= 4 is 5.69 Å². The molecule has 0 saturated carbocycles. The predicted octanol–water partition coefficient (Wildman–Crippen LogP) is 8.97. The average Bonchev–Trinajstić information content (AvgIpc) is 3.31. The third kappa shape index (κ3) is 3.26. The molecule has 0 aliphatic heterocycles. The van der Waals surface area contributed by atoms with Gasteiger partial charge in [-0.25, -0.2) is 0 Å². The smallest absolute Gasteiger partial charge is 0.0733 e. The van der Waals surface area contributed by atoms with Gasteiger partial charge in [0.25, 0.3) is 0 Å². The largest absolute Gasteiger partial charge is 0.398 e. The van der Waals surface area contributed by atoms with Gasteiger partial charge in [-0.05, 0) is 44.5 Å². The summed E-state index contributed by atoms with van der Waals surface area (Å²) >= 11 is 0. The first-order valence-electron chi connectivity index (χ1n) is 13.1. The van der Waals surface area contributed by atoms with Gasteiger partial charge < -0.3 is 5.73 Å². The molecule has 1 heteroatoms. The minimum absolute atomic E-state index is 0.501. The van der Waals surface area contributed by atoms with Crippen molar-refractivity contribution in [2.45, 2.75) is 5.41 Å². The Labute approximate surface area is 223 Å². The Morgan fingerprint density at radius 1 is 0.368 bits per heavy atom. The summed E-state index contributed by atoms with van der Waals surface area (Å²) in [6.45, 7) is 0. The molecule has 2 N–H and O–H groups in total. The van der Waals surface area contributed by atoms with Crippen LogP contribution in [0.2, 0.25) is 0 Å². The molecule has 0 fully saturated rings. The molecule has 0 spiro atoms. The van der Waals surface area contributed by atoms with E-state index in [1.54, 1.807) is 0 Å². The quantitative estimate of drug-likeness (QED) is 0.247. The van der Waals surface area contributed by atoms with E-state index in [-0.39, 0.29) is 0 Å². The summed E-state index contributed by atoms with van der Waals surface area (Å²) in [4.78, 5) is 0. The summed E-state index contributed by atoms with van der Waals surface area (Å²) in [6.07, 6.45) is 0. The predicted molar refractivity (Wildman–Crippen MR) is 159 cm³/mol. The first-order valence-corrected chi connectivity index (χ1v) is 13.1. The summed E-state index contributed by atoms with van der Waals surface area (Å²) < 4.78 is 0. The van der Waals surface area contributed by atoms with E-state index in [9.17, 15) is 0 Å². The van der Waals surface area contributed by atoms with E-state index in [4.69, 9.17) is 5.73 Å². The number of nitrogen functional groups attached to an aromatic ring is 1. The summed E-state index contributed by atoms with van der Waals surface area (Å²) in [5.74, 6) is 0. The van der Waals surface area contributed by atoms with Crippen LogP contribution in [0.1, 0.15) is 22.3 Å². The second-order valence-corrected chi connectivity index (χ2v) is 9.92. The van der Waals surface area contributed by atoms with E-state index in [2.05, 4.69) is 146 Å². The van der Waals surface area contributed by atoms with Gasteiger partial charge in [0.05, 0.1) is 5.41 Å². The molecule has 180 valence electrons. The first kappa shape index (κ1) is 22.3. The van der Waals surface area contributed by atoms with Crippen LogP contribution in [0.25, 0.3) is 33.4 Å². The van der Waals surface area contributed by atoms with Crippen molar-refractivity contribution in [3.63, 3.8) is 0 Å². The fourth-order valence-electron chi connectivity index (χ4n) is 6.29. The molecule has 0 bridgehead atoms. The number of nitrogens with two attached hydrogens (primary N) is 1. The maximum absolute atomic E-state index is 7.25. The maximum atomic E-state index is 7.25. The lowest BCUT2D eigenvalue weighted by atomic mass is 9.67. The summed E-state index contributed by atoms with van der Waals surface area (Å²) in [7, 11) is 0. The lowest BCUT2D eigenvalue weighted by Crippen LogP contribution is -2.29. The van der Waals surface area contributed by atoms with Crippen molar-refractivity contribution in [1.29, 1.82) is 0 Å². The Hall–Kier alpha value is -4.88. The molecule has 0 heterocycles. The van der Waals surface area contributed by atoms with Crippen LogP contribution in [0.4, 0.5) is 5.69 Å². The van der Waals surface area contributed by atoms with Crippen molar-refractivity contribution in [1.82, 2.24) is 0 Å². The van der Waals surface area contributed by atoms with Gasteiger partial charge in [-0.1, -0.05) is 152 Å². The zero-order valence-electron chi connectivity index (χ0n) is 21.0. The Balaban J connectivity index is 1.50. The SMILES string of the molecule is Nc1c(-c2ccc(-c3ccccc3)cc2)ccc2c1C(c1ccccc1)(c1ccccc1)c1ccccc1-2. The standard InChI is InChI=1S/C37H27N/c38-36-31(28-22-20-27(21-23-28)26-12-4-1-5-13-26)24-25-33-32-18-10-11-19-34(32)37(35(33)36,29-14-6-2-7-15-29)30-16-8-3-9-17-30/h1-25H,38H2. The lowest BCUT2D eigenvalue weighted by Gasteiger charge is -2.35. The molecule has 0 aromatic heterocycles. The molecule has 0 amide bonds. The fourth-order valence-corrected chi connectivity index (χ4v) is 6.29. The maximum Gasteiger partial charge on any atom is 0.0733 e. The van der Waals surface area contributed by atoms with E-state index in [0.717, 1.165) is 16.8 Å². The lowest BCUT2D eigenvalue weighted by molar-refractivity contribution is 0.771. The van der Waals surface area contributed by atoms with Gasteiger partial charge in [-0.2, -0.15) is 0 Å². The molecule has 0 unspecified atom stereocenters. The molecule has 0 atom stereocenters. The highest BCUT2D eigenvalue weighted by Gasteiger charge is 2.47. The molecule has 6 aromatic carbocycles. The molecule has 1 nitrogen and oxygen atoms in total. The summed E-state index contributed by atoms with van der Waals surface area (Å²) in [5.41, 5.74) is 19.5. The van der Waals surface area contributed by atoms with Crippen molar-refractivity contribution in [2.75, 3.05) is 5.73 Å². The van der Waals surface area contributed by atoms with E-state index < -0.39 is 5.41 Å². The van der Waals surface area contributed by atoms with Crippen molar-refractivity contribution < 1.29 is 0 Å². The Kier molecular flexibility index (Phi) is 5.23. The molecule has 7 rings (SSSR count). The van der Waals surface area contributed by atoms with Gasteiger partial charge in [0, 0.05) is 16.8 Å². The van der Waals surface area contributed by atoms with E-state index >= 15 is 0 Å². The second kappa shape index (κ2) is 8.90. The summed E-state index contributed by atoms with van der Waals surface area (Å²) in [6, 6.07) is 54.1. The monoisotopic (exact) mass is 485 g/mol. The number of rotatable bonds is 4. The minimum Gasteiger partial charge on any atom is -0.398 e. The van der Waals surface area contributed by atoms with Crippen molar-refractivity contribution in [3.8, 4) is 33.4 Å². The van der Waals surface area contributed by atoms with Gasteiger partial charge in [0.1, 0.15) is 0 Å². The molecule has 0 radical (unpaired) electrons. The number of hydrogen-bond acceptors (Lipinski definition) is 1. The Morgan fingerprint density at radius 2 is 0.842 bits per heavy atom. The van der Waals surface area contributed by atoms with Crippen LogP contribution < -0.4 is 5.73 Å². The van der Waals surface area contributed by atoms with Gasteiger partial charge in [-0.3, -0.25) is 0 Å². The molecule has 1 aliphatic rings. The third-order valence-corrected chi connectivity index (χ3v) is 7.96. The Bertz CT molecular complexity index is 1700. The van der Waals surface area contributed by atoms with Crippen LogP contribution in [0.5, 0.6) is 0 Å². The number of benzene rings is 6. The molecule has 38 heavy (non-hydrogen) atoms. The molecule has 1 aliphatic carbocycles.